The predicted octanol–water partition coefficient (Wildman–Crippen LogP) is 4.12. The molecule has 1 amide bonds. The number of aryl methyl sites for hydroxylation is 1. The van der Waals surface area contributed by atoms with Gasteiger partial charge in [-0.2, -0.15) is 0 Å². The minimum absolute atomic E-state index is 0.0169. The molecule has 0 unspecified atom stereocenters. The van der Waals surface area contributed by atoms with Crippen LogP contribution in [0.25, 0.3) is 21.9 Å². The highest BCUT2D eigenvalue weighted by atomic mass is 16.2. The van der Waals surface area contributed by atoms with Crippen LogP contribution >= 0.6 is 0 Å². The third-order valence-electron chi connectivity index (χ3n) is 7.30. The van der Waals surface area contributed by atoms with E-state index in [2.05, 4.69) is 63.4 Å². The average molecular weight is 492 g/mol. The summed E-state index contributed by atoms with van der Waals surface area (Å²) < 4.78 is 1.41. The molecule has 1 aliphatic rings. The van der Waals surface area contributed by atoms with E-state index >= 15 is 0 Å². The standard InChI is InChI=1S/C30H29N5O2/c1-21-12-13-25-24(18-21)27-28(32-25)30(37)35(20-31-27)19-26(36)33-14-16-34(17-15-33)29(22-8-4-2-5-9-22)23-10-6-3-7-11-23/h2-13,18,20,29,32H,14-17,19H2,1H3. The Morgan fingerprint density at radius 1 is 0.919 bits per heavy atom. The largest absolute Gasteiger partial charge is 0.349 e. The Labute approximate surface area is 215 Å². The van der Waals surface area contributed by atoms with Gasteiger partial charge in [-0.05, 0) is 30.2 Å². The van der Waals surface area contributed by atoms with Crippen LogP contribution < -0.4 is 5.56 Å². The van der Waals surface area contributed by atoms with E-state index < -0.39 is 0 Å². The molecular formula is C30H29N5O2. The lowest BCUT2D eigenvalue weighted by molar-refractivity contribution is -0.133. The van der Waals surface area contributed by atoms with E-state index in [-0.39, 0.29) is 24.1 Å². The van der Waals surface area contributed by atoms with Crippen molar-refractivity contribution in [2.45, 2.75) is 19.5 Å². The van der Waals surface area contributed by atoms with Crippen molar-refractivity contribution in [3.63, 3.8) is 0 Å². The van der Waals surface area contributed by atoms with Gasteiger partial charge in [-0.15, -0.1) is 0 Å². The van der Waals surface area contributed by atoms with Crippen LogP contribution in [0.2, 0.25) is 0 Å². The van der Waals surface area contributed by atoms with E-state index in [4.69, 9.17) is 0 Å². The molecule has 1 N–H and O–H groups in total. The van der Waals surface area contributed by atoms with Gasteiger partial charge in [-0.1, -0.05) is 72.3 Å². The molecule has 0 spiro atoms. The first-order valence-corrected chi connectivity index (χ1v) is 12.7. The number of rotatable bonds is 5. The maximum absolute atomic E-state index is 13.2. The molecule has 37 heavy (non-hydrogen) atoms. The highest BCUT2D eigenvalue weighted by molar-refractivity contribution is 6.04. The maximum atomic E-state index is 13.2. The summed E-state index contributed by atoms with van der Waals surface area (Å²) >= 11 is 0. The number of H-pyrrole nitrogens is 1. The first-order valence-electron chi connectivity index (χ1n) is 12.7. The van der Waals surface area contributed by atoms with Gasteiger partial charge in [0.05, 0.1) is 12.4 Å². The second-order valence-corrected chi connectivity index (χ2v) is 9.72. The third kappa shape index (κ3) is 4.42. The van der Waals surface area contributed by atoms with Crippen molar-refractivity contribution in [1.29, 1.82) is 0 Å². The molecule has 186 valence electrons. The Morgan fingerprint density at radius 3 is 2.22 bits per heavy atom. The predicted molar refractivity (Wildman–Crippen MR) is 145 cm³/mol. The van der Waals surface area contributed by atoms with Crippen molar-refractivity contribution in [3.8, 4) is 0 Å². The molecule has 1 aliphatic heterocycles. The monoisotopic (exact) mass is 491 g/mol. The molecule has 0 atom stereocenters. The van der Waals surface area contributed by atoms with Gasteiger partial charge in [0.25, 0.3) is 5.56 Å². The summed E-state index contributed by atoms with van der Waals surface area (Å²) in [4.78, 5) is 38.4. The number of carbonyl (C=O) groups is 1. The third-order valence-corrected chi connectivity index (χ3v) is 7.30. The zero-order valence-corrected chi connectivity index (χ0v) is 20.8. The van der Waals surface area contributed by atoms with Crippen LogP contribution in [0.4, 0.5) is 0 Å². The summed E-state index contributed by atoms with van der Waals surface area (Å²) in [6.45, 7) is 4.74. The van der Waals surface area contributed by atoms with Crippen molar-refractivity contribution in [2.75, 3.05) is 26.2 Å². The number of piperazine rings is 1. The molecular weight excluding hydrogens is 462 g/mol. The first-order chi connectivity index (χ1) is 18.1. The van der Waals surface area contributed by atoms with E-state index in [9.17, 15) is 9.59 Å². The molecule has 1 fully saturated rings. The van der Waals surface area contributed by atoms with Gasteiger partial charge in [-0.25, -0.2) is 4.98 Å². The van der Waals surface area contributed by atoms with Crippen LogP contribution in [0, 0.1) is 6.92 Å². The molecule has 6 rings (SSSR count). The van der Waals surface area contributed by atoms with Crippen molar-refractivity contribution in [1.82, 2.24) is 24.3 Å². The summed E-state index contributed by atoms with van der Waals surface area (Å²) in [5.41, 5.74) is 5.33. The number of amides is 1. The van der Waals surface area contributed by atoms with E-state index in [1.807, 2.05) is 42.2 Å². The van der Waals surface area contributed by atoms with Gasteiger partial charge in [0.2, 0.25) is 5.91 Å². The van der Waals surface area contributed by atoms with Crippen LogP contribution in [0.1, 0.15) is 22.7 Å². The van der Waals surface area contributed by atoms with Gasteiger partial charge < -0.3 is 9.88 Å². The summed E-state index contributed by atoms with van der Waals surface area (Å²) in [6, 6.07) is 27.1. The van der Waals surface area contributed by atoms with Crippen molar-refractivity contribution < 1.29 is 4.79 Å². The molecule has 0 bridgehead atoms. The highest BCUT2D eigenvalue weighted by Crippen LogP contribution is 2.29. The van der Waals surface area contributed by atoms with Crippen molar-refractivity contribution >= 4 is 27.8 Å². The normalized spacial score (nSPS) is 14.6. The SMILES string of the molecule is Cc1ccc2[nH]c3c(=O)n(CC(=O)N4CCN(C(c5ccccc5)c5ccccc5)CC4)cnc3c2c1. The minimum atomic E-state index is -0.223. The van der Waals surface area contributed by atoms with Crippen molar-refractivity contribution in [2.24, 2.45) is 0 Å². The second kappa shape index (κ2) is 9.67. The van der Waals surface area contributed by atoms with Crippen molar-refractivity contribution in [3.05, 3.63) is 112 Å². The zero-order valence-electron chi connectivity index (χ0n) is 20.8. The fourth-order valence-corrected chi connectivity index (χ4v) is 5.38. The zero-order chi connectivity index (χ0) is 25.4. The molecule has 0 saturated carbocycles. The number of hydrogen-bond acceptors (Lipinski definition) is 4. The lowest BCUT2D eigenvalue weighted by Gasteiger charge is -2.39. The smallest absolute Gasteiger partial charge is 0.278 e. The van der Waals surface area contributed by atoms with Crippen LogP contribution in [0.5, 0.6) is 0 Å². The summed E-state index contributed by atoms with van der Waals surface area (Å²) in [7, 11) is 0. The van der Waals surface area contributed by atoms with Crippen LogP contribution in [-0.4, -0.2) is 56.4 Å². The first kappa shape index (κ1) is 23.2. The number of nitrogens with zero attached hydrogens (tertiary/aromatic N) is 4. The lowest BCUT2D eigenvalue weighted by atomic mass is 9.96. The van der Waals surface area contributed by atoms with Crippen LogP contribution in [0.15, 0.2) is 90.0 Å². The van der Waals surface area contributed by atoms with E-state index in [0.29, 0.717) is 24.1 Å². The minimum Gasteiger partial charge on any atom is -0.349 e. The summed E-state index contributed by atoms with van der Waals surface area (Å²) in [5, 5.41) is 0.924. The lowest BCUT2D eigenvalue weighted by Crippen LogP contribution is -2.51. The van der Waals surface area contributed by atoms with Gasteiger partial charge in [-0.3, -0.25) is 19.1 Å². The van der Waals surface area contributed by atoms with Gasteiger partial charge in [0.1, 0.15) is 17.6 Å². The van der Waals surface area contributed by atoms with Gasteiger partial charge >= 0.3 is 0 Å². The number of fused-ring (bicyclic) bond motifs is 3. The molecule has 5 aromatic rings. The highest BCUT2D eigenvalue weighted by Gasteiger charge is 2.28. The molecule has 0 aliphatic carbocycles. The molecule has 3 heterocycles. The molecule has 3 aromatic carbocycles. The molecule has 2 aromatic heterocycles. The van der Waals surface area contributed by atoms with Crippen LogP contribution in [0.3, 0.4) is 0 Å². The van der Waals surface area contributed by atoms with Gasteiger partial charge in [0, 0.05) is 37.1 Å². The topological polar surface area (TPSA) is 74.2 Å². The number of aromatic nitrogens is 3. The number of hydrogen-bond donors (Lipinski definition) is 1. The Morgan fingerprint density at radius 2 is 1.57 bits per heavy atom. The fourth-order valence-electron chi connectivity index (χ4n) is 5.38. The summed E-state index contributed by atoms with van der Waals surface area (Å²) in [6.07, 6.45) is 1.50. The fraction of sp³-hybridized carbons (Fsp3) is 0.233. The molecule has 7 heteroatoms. The molecule has 0 radical (unpaired) electrons. The second-order valence-electron chi connectivity index (χ2n) is 9.72. The number of aromatic amines is 1. The van der Waals surface area contributed by atoms with E-state index in [1.54, 1.807) is 0 Å². The molecule has 1 saturated heterocycles. The summed E-state index contributed by atoms with van der Waals surface area (Å²) in [5.74, 6) is -0.0640. The maximum Gasteiger partial charge on any atom is 0.278 e. The van der Waals surface area contributed by atoms with E-state index in [1.165, 1.54) is 22.0 Å². The Balaban J connectivity index is 1.18. The number of carbonyl (C=O) groups excluding carboxylic acids is 1. The number of nitrogens with one attached hydrogen (secondary N) is 1. The Bertz CT molecular complexity index is 1580. The number of benzene rings is 3. The van der Waals surface area contributed by atoms with Crippen LogP contribution in [-0.2, 0) is 11.3 Å². The van der Waals surface area contributed by atoms with E-state index in [0.717, 1.165) is 29.6 Å². The quantitative estimate of drug-likeness (QED) is 0.401. The van der Waals surface area contributed by atoms with Gasteiger partial charge in [0.15, 0.2) is 0 Å². The average Bonchev–Trinajstić information content (AvgIpc) is 3.30. The molecule has 7 nitrogen and oxygen atoms in total. The Kier molecular flexibility index (Phi) is 6.06. The Hall–Kier alpha value is -4.23.